The first-order valence-corrected chi connectivity index (χ1v) is 28.4. The quantitative estimate of drug-likeness (QED) is 0.101. The number of likely N-dealkylation sites (N-methyl/N-ethyl adjacent to an activating group) is 3. The van der Waals surface area contributed by atoms with Crippen molar-refractivity contribution < 1.29 is 70.8 Å². The van der Waals surface area contributed by atoms with Crippen molar-refractivity contribution in [1.29, 1.82) is 0 Å². The van der Waals surface area contributed by atoms with Crippen LogP contribution in [-0.2, 0) is 64.2 Å². The fourth-order valence-electron chi connectivity index (χ4n) is 9.15. The normalized spacial score (nSPS) is 26.9. The first-order chi connectivity index (χ1) is 35.7. The van der Waals surface area contributed by atoms with Crippen LogP contribution in [0.2, 0.25) is 5.02 Å². The molecule has 5 rings (SSSR count). The summed E-state index contributed by atoms with van der Waals surface area (Å²) in [6.07, 6.45) is 3.13. The van der Waals surface area contributed by atoms with Crippen molar-refractivity contribution in [2.45, 2.75) is 127 Å². The zero-order valence-electron chi connectivity index (χ0n) is 44.8. The number of hydrogen-bond acceptors (Lipinski definition) is 16. The second-order valence-corrected chi connectivity index (χ2v) is 23.9. The van der Waals surface area contributed by atoms with Crippen LogP contribution in [0.5, 0.6) is 5.75 Å². The van der Waals surface area contributed by atoms with Gasteiger partial charge in [-0.1, -0.05) is 60.3 Å². The Balaban J connectivity index is 1.15. The lowest BCUT2D eigenvalue weighted by atomic mass is 9.83. The van der Waals surface area contributed by atoms with Crippen LogP contribution in [0.3, 0.4) is 0 Å². The highest BCUT2D eigenvalue weighted by Crippen LogP contribution is 2.49. The van der Waals surface area contributed by atoms with Crippen molar-refractivity contribution in [2.75, 3.05) is 78.5 Å². The van der Waals surface area contributed by atoms with Gasteiger partial charge in [-0.25, -0.2) is 22.3 Å². The Labute approximate surface area is 459 Å². The molecule has 2 fully saturated rings. The third-order valence-corrected chi connectivity index (χ3v) is 18.0. The number of epoxide rings is 1. The number of amides is 6. The number of benzene rings is 1. The minimum Gasteiger partial charge on any atom is -0.495 e. The maximum atomic E-state index is 14.3. The molecule has 76 heavy (non-hydrogen) atoms. The molecular formula is C51H72Cl2N6O15S2. The lowest BCUT2D eigenvalue weighted by Crippen LogP contribution is -2.63. The second-order valence-electron chi connectivity index (χ2n) is 19.8. The standard InChI is InChI=1S/C51H72Cl2N6O15S2/c1-31-15-14-16-38(71-10)51(67)30-37(72-49(66)54-51)32(2)47-50(4,74-47)39(28-44(63)58(8)35-26-34(25-31)27-36(70-9)46(35)53)73-48(65)33(3)57(7)43(62)19-24-75-23-18-42(61)56(6)22-21-55(5)41(60)17-12-11-13-20-59-45(64)29-40(52)76(59,68)69/h14-16,26-27,29,32-33,37-39,47,67H,11-13,17-25,28,30H2,1-10H3,(H,54,66)/b16-14+,31-15+/t32-,33+,37+,38-,39+,47+,50?,51+/m1/s1. The summed E-state index contributed by atoms with van der Waals surface area (Å²) in [6.45, 7) is 7.44. The summed E-state index contributed by atoms with van der Waals surface area (Å²) in [6, 6.07) is 2.44. The molecule has 4 heterocycles. The maximum absolute atomic E-state index is 14.3. The number of ether oxygens (including phenoxy) is 5. The number of aliphatic hydroxyl groups is 1. The predicted molar refractivity (Wildman–Crippen MR) is 286 cm³/mol. The van der Waals surface area contributed by atoms with Gasteiger partial charge < -0.3 is 48.4 Å². The summed E-state index contributed by atoms with van der Waals surface area (Å²) >= 11 is 13.8. The predicted octanol–water partition coefficient (Wildman–Crippen LogP) is 4.76. The minimum absolute atomic E-state index is 0.0231. The SMILES string of the molecule is COc1cc2cc(c1Cl)N(C)C(=O)C[C@H](OC(=O)[C@H](C)N(C)C(=O)CCSCCC(=O)N(C)CCN(C)C(=O)CCCCCN1C(=O)C=C(Cl)S1(=O)=O)C1(C)O[C@H]1[C@H](C)[C@@H]1C[C@@](O)(NC(=O)O1)[C@H](OC)/C=C/C=C(\C)C2. The number of hydrogen-bond donors (Lipinski definition) is 2. The number of nitrogens with one attached hydrogen (secondary N) is 1. The summed E-state index contributed by atoms with van der Waals surface area (Å²) in [7, 11) is 5.21. The molecule has 4 bridgehead atoms. The van der Waals surface area contributed by atoms with Crippen molar-refractivity contribution in [3.8, 4) is 5.75 Å². The highest BCUT2D eigenvalue weighted by molar-refractivity contribution is 7.99. The molecule has 2 N–H and O–H groups in total. The van der Waals surface area contributed by atoms with E-state index < -0.39 is 86.0 Å². The van der Waals surface area contributed by atoms with Gasteiger partial charge >= 0.3 is 12.1 Å². The van der Waals surface area contributed by atoms with Crippen LogP contribution in [-0.4, -0.2) is 189 Å². The van der Waals surface area contributed by atoms with E-state index in [2.05, 4.69) is 5.32 Å². The molecular weight excluding hydrogens is 1070 g/mol. The van der Waals surface area contributed by atoms with Gasteiger partial charge in [0, 0.05) is 104 Å². The number of fused-ring (bicyclic) bond motifs is 5. The zero-order chi connectivity index (χ0) is 56.4. The Morgan fingerprint density at radius 1 is 0.987 bits per heavy atom. The summed E-state index contributed by atoms with van der Waals surface area (Å²) in [5.41, 5.74) is -1.16. The van der Waals surface area contributed by atoms with Gasteiger partial charge in [0.1, 0.15) is 40.7 Å². The fraction of sp³-hybridized carbons (Fsp3) is 0.627. The smallest absolute Gasteiger partial charge is 0.409 e. The Hall–Kier alpha value is -4.91. The number of allylic oxidation sites excluding steroid dienone is 3. The summed E-state index contributed by atoms with van der Waals surface area (Å²) in [5, 5.41) is 14.5. The van der Waals surface area contributed by atoms with Gasteiger partial charge in [0.05, 0.1) is 25.3 Å². The number of methoxy groups -OCH3 is 2. The highest BCUT2D eigenvalue weighted by Gasteiger charge is 2.64. The number of carbonyl (C=O) groups excluding carboxylic acids is 7. The van der Waals surface area contributed by atoms with Gasteiger partial charge in [0.15, 0.2) is 10.1 Å². The van der Waals surface area contributed by atoms with Crippen molar-refractivity contribution >= 4 is 92.3 Å². The van der Waals surface area contributed by atoms with Gasteiger partial charge in [0.2, 0.25) is 23.6 Å². The van der Waals surface area contributed by atoms with E-state index in [9.17, 15) is 47.1 Å². The molecule has 2 saturated heterocycles. The lowest BCUT2D eigenvalue weighted by molar-refractivity contribution is -0.162. The topological polar surface area (TPSA) is 252 Å². The number of carbonyl (C=O) groups is 7. The number of nitrogens with zero attached hydrogens (tertiary/aromatic N) is 5. The Morgan fingerprint density at radius 2 is 1.63 bits per heavy atom. The number of anilines is 1. The van der Waals surface area contributed by atoms with Crippen LogP contribution in [0.15, 0.2) is 46.4 Å². The van der Waals surface area contributed by atoms with Crippen molar-refractivity contribution in [1.82, 2.24) is 24.3 Å². The van der Waals surface area contributed by atoms with E-state index in [-0.39, 0.29) is 61.4 Å². The van der Waals surface area contributed by atoms with E-state index in [4.69, 9.17) is 46.9 Å². The molecule has 0 spiro atoms. The molecule has 4 aliphatic heterocycles. The second kappa shape index (κ2) is 26.6. The fourth-order valence-corrected chi connectivity index (χ4v) is 11.8. The van der Waals surface area contributed by atoms with E-state index in [1.165, 1.54) is 59.6 Å². The van der Waals surface area contributed by atoms with Crippen molar-refractivity contribution in [2.24, 2.45) is 5.92 Å². The van der Waals surface area contributed by atoms with Crippen LogP contribution in [0, 0.1) is 5.92 Å². The molecule has 422 valence electrons. The molecule has 0 saturated carbocycles. The molecule has 0 radical (unpaired) electrons. The highest BCUT2D eigenvalue weighted by atomic mass is 35.5. The molecule has 0 aliphatic carbocycles. The molecule has 1 unspecified atom stereocenters. The van der Waals surface area contributed by atoms with E-state index in [0.29, 0.717) is 61.7 Å². The molecule has 0 aromatic heterocycles. The van der Waals surface area contributed by atoms with Crippen LogP contribution in [0.25, 0.3) is 0 Å². The monoisotopic (exact) mass is 1140 g/mol. The van der Waals surface area contributed by atoms with Crippen LogP contribution >= 0.6 is 35.0 Å². The van der Waals surface area contributed by atoms with Crippen molar-refractivity contribution in [3.05, 3.63) is 57.0 Å². The number of sulfonamides is 1. The van der Waals surface area contributed by atoms with Gasteiger partial charge in [-0.2, -0.15) is 11.8 Å². The number of thioether (sulfide) groups is 1. The van der Waals surface area contributed by atoms with E-state index in [0.717, 1.165) is 21.5 Å². The van der Waals surface area contributed by atoms with E-state index >= 15 is 0 Å². The molecule has 1 aromatic carbocycles. The van der Waals surface area contributed by atoms with Crippen LogP contribution < -0.4 is 15.0 Å². The third kappa shape index (κ3) is 15.2. The van der Waals surface area contributed by atoms with Crippen LogP contribution in [0.1, 0.15) is 84.6 Å². The lowest BCUT2D eigenvalue weighted by Gasteiger charge is -2.42. The molecule has 25 heteroatoms. The molecule has 21 nitrogen and oxygen atoms in total. The molecule has 6 amide bonds. The molecule has 8 atom stereocenters. The number of alkyl carbamates (subject to hydrolysis) is 1. The maximum Gasteiger partial charge on any atom is 0.409 e. The van der Waals surface area contributed by atoms with Crippen LogP contribution in [0.4, 0.5) is 10.5 Å². The molecule has 4 aliphatic rings. The average Bonchev–Trinajstić information content (AvgIpc) is 4.02. The largest absolute Gasteiger partial charge is 0.495 e. The third-order valence-electron chi connectivity index (χ3n) is 14.3. The van der Waals surface area contributed by atoms with Crippen molar-refractivity contribution in [3.63, 3.8) is 0 Å². The van der Waals surface area contributed by atoms with E-state index in [1.54, 1.807) is 59.3 Å². The Kier molecular flexibility index (Phi) is 21.7. The number of halogens is 2. The van der Waals surface area contributed by atoms with Gasteiger partial charge in [-0.3, -0.25) is 29.3 Å². The molecule has 1 aromatic rings. The average molecular weight is 1140 g/mol. The number of unbranched alkanes of at least 4 members (excludes halogenated alkanes) is 2. The van der Waals surface area contributed by atoms with Gasteiger partial charge in [-0.15, -0.1) is 0 Å². The zero-order valence-corrected chi connectivity index (χ0v) is 47.9. The number of rotatable bonds is 20. The van der Waals surface area contributed by atoms with Gasteiger partial charge in [-0.05, 0) is 57.7 Å². The Bertz CT molecular complexity index is 2570. The first kappa shape index (κ1) is 61.9. The van der Waals surface area contributed by atoms with E-state index in [1.807, 2.05) is 13.0 Å². The summed E-state index contributed by atoms with van der Waals surface area (Å²) in [4.78, 5) is 98.0. The summed E-state index contributed by atoms with van der Waals surface area (Å²) < 4.78 is 53.8. The number of esters is 1. The Morgan fingerprint density at radius 3 is 2.25 bits per heavy atom. The minimum atomic E-state index is -3.97. The first-order valence-electron chi connectivity index (χ1n) is 25.0. The van der Waals surface area contributed by atoms with Gasteiger partial charge in [0.25, 0.3) is 15.9 Å². The summed E-state index contributed by atoms with van der Waals surface area (Å²) in [5.74, 6) is -2.10.